The second kappa shape index (κ2) is 2.73. The summed E-state index contributed by atoms with van der Waals surface area (Å²) in [6.07, 6.45) is 4.07. The average Bonchev–Trinajstić information content (AvgIpc) is 2.62. The molecule has 68 valence electrons. The normalized spacial score (nSPS) is 40.8. The van der Waals surface area contributed by atoms with Gasteiger partial charge in [-0.1, -0.05) is 0 Å². The molecule has 1 heterocycles. The van der Waals surface area contributed by atoms with Crippen molar-refractivity contribution in [1.29, 1.82) is 0 Å². The second-order valence-electron chi connectivity index (χ2n) is 4.20. The van der Waals surface area contributed by atoms with Gasteiger partial charge in [-0.3, -0.25) is 4.79 Å². The molecule has 0 radical (unpaired) electrons. The third-order valence-electron chi connectivity index (χ3n) is 3.38. The molecule has 1 spiro atoms. The molecule has 2 atom stereocenters. The molecule has 12 heavy (non-hydrogen) atoms. The molecule has 1 saturated carbocycles. The Kier molecular flexibility index (Phi) is 1.83. The van der Waals surface area contributed by atoms with E-state index >= 15 is 0 Å². The van der Waals surface area contributed by atoms with Crippen molar-refractivity contribution in [3.63, 3.8) is 0 Å². The van der Waals surface area contributed by atoms with Crippen LogP contribution in [0.5, 0.6) is 0 Å². The largest absolute Gasteiger partial charge is 0.481 e. The highest BCUT2D eigenvalue weighted by molar-refractivity contribution is 5.70. The van der Waals surface area contributed by atoms with Crippen molar-refractivity contribution in [3.05, 3.63) is 0 Å². The zero-order valence-corrected chi connectivity index (χ0v) is 7.18. The lowest BCUT2D eigenvalue weighted by molar-refractivity contribution is -0.141. The van der Waals surface area contributed by atoms with Crippen LogP contribution in [-0.4, -0.2) is 24.2 Å². The van der Waals surface area contributed by atoms with Crippen LogP contribution >= 0.6 is 0 Å². The van der Waals surface area contributed by atoms with Crippen LogP contribution in [0.15, 0.2) is 0 Å². The SMILES string of the molecule is O=C(O)[C@H]1CC[C@@]2(CCNC2)C1. The Labute approximate surface area is 72.2 Å². The molecular weight excluding hydrogens is 154 g/mol. The van der Waals surface area contributed by atoms with Gasteiger partial charge >= 0.3 is 5.97 Å². The van der Waals surface area contributed by atoms with Crippen molar-refractivity contribution >= 4 is 5.97 Å². The first-order chi connectivity index (χ1) is 5.72. The lowest BCUT2D eigenvalue weighted by Gasteiger charge is -2.20. The van der Waals surface area contributed by atoms with E-state index in [9.17, 15) is 4.79 Å². The molecule has 2 aliphatic rings. The van der Waals surface area contributed by atoms with Crippen LogP contribution in [0.1, 0.15) is 25.7 Å². The molecule has 2 fully saturated rings. The van der Waals surface area contributed by atoms with Gasteiger partial charge in [-0.15, -0.1) is 0 Å². The van der Waals surface area contributed by atoms with Crippen LogP contribution in [0, 0.1) is 11.3 Å². The predicted octanol–water partition coefficient (Wildman–Crippen LogP) is 0.851. The molecule has 0 bridgehead atoms. The topological polar surface area (TPSA) is 49.3 Å². The first-order valence-corrected chi connectivity index (χ1v) is 4.65. The highest BCUT2D eigenvalue weighted by Gasteiger charge is 2.43. The number of hydrogen-bond donors (Lipinski definition) is 2. The van der Waals surface area contributed by atoms with Crippen molar-refractivity contribution in [2.75, 3.05) is 13.1 Å². The third-order valence-corrected chi connectivity index (χ3v) is 3.38. The van der Waals surface area contributed by atoms with Gasteiger partial charge in [-0.2, -0.15) is 0 Å². The van der Waals surface area contributed by atoms with Crippen LogP contribution in [0.3, 0.4) is 0 Å². The molecule has 3 heteroatoms. The average molecular weight is 169 g/mol. The highest BCUT2D eigenvalue weighted by Crippen LogP contribution is 2.45. The molecule has 0 aromatic heterocycles. The Hall–Kier alpha value is -0.570. The van der Waals surface area contributed by atoms with E-state index in [4.69, 9.17) is 5.11 Å². The van der Waals surface area contributed by atoms with Crippen molar-refractivity contribution in [2.45, 2.75) is 25.7 Å². The number of carboxylic acids is 1. The van der Waals surface area contributed by atoms with E-state index in [-0.39, 0.29) is 5.92 Å². The fraction of sp³-hybridized carbons (Fsp3) is 0.889. The first-order valence-electron chi connectivity index (χ1n) is 4.65. The van der Waals surface area contributed by atoms with Crippen molar-refractivity contribution in [2.24, 2.45) is 11.3 Å². The molecule has 0 aromatic rings. The Morgan fingerprint density at radius 2 is 2.33 bits per heavy atom. The fourth-order valence-corrected chi connectivity index (χ4v) is 2.60. The van der Waals surface area contributed by atoms with E-state index in [1.165, 1.54) is 6.42 Å². The molecule has 1 saturated heterocycles. The monoisotopic (exact) mass is 169 g/mol. The third kappa shape index (κ3) is 1.22. The Bertz CT molecular complexity index is 197. The summed E-state index contributed by atoms with van der Waals surface area (Å²) in [6.45, 7) is 2.11. The summed E-state index contributed by atoms with van der Waals surface area (Å²) >= 11 is 0. The van der Waals surface area contributed by atoms with Gasteiger partial charge in [0.2, 0.25) is 0 Å². The molecule has 1 aliphatic carbocycles. The van der Waals surface area contributed by atoms with Crippen molar-refractivity contribution < 1.29 is 9.90 Å². The minimum atomic E-state index is -0.598. The van der Waals surface area contributed by atoms with Crippen molar-refractivity contribution in [1.82, 2.24) is 5.32 Å². The number of nitrogens with one attached hydrogen (secondary N) is 1. The lowest BCUT2D eigenvalue weighted by Crippen LogP contribution is -2.21. The van der Waals surface area contributed by atoms with E-state index < -0.39 is 5.97 Å². The summed E-state index contributed by atoms with van der Waals surface area (Å²) in [4.78, 5) is 10.7. The van der Waals surface area contributed by atoms with Gasteiger partial charge in [0.1, 0.15) is 0 Å². The van der Waals surface area contributed by atoms with Gasteiger partial charge in [0.05, 0.1) is 5.92 Å². The van der Waals surface area contributed by atoms with Crippen LogP contribution in [0.4, 0.5) is 0 Å². The summed E-state index contributed by atoms with van der Waals surface area (Å²) in [5.41, 5.74) is 0.350. The van der Waals surface area contributed by atoms with Gasteiger partial charge in [0, 0.05) is 6.54 Å². The maximum absolute atomic E-state index is 10.7. The van der Waals surface area contributed by atoms with E-state index in [0.717, 1.165) is 32.4 Å². The maximum Gasteiger partial charge on any atom is 0.306 e. The maximum atomic E-state index is 10.7. The number of rotatable bonds is 1. The molecular formula is C9H15NO2. The van der Waals surface area contributed by atoms with Crippen LogP contribution < -0.4 is 5.32 Å². The van der Waals surface area contributed by atoms with Gasteiger partial charge in [0.15, 0.2) is 0 Å². The number of hydrogen-bond acceptors (Lipinski definition) is 2. The molecule has 0 amide bonds. The minimum absolute atomic E-state index is 0.0649. The second-order valence-corrected chi connectivity index (χ2v) is 4.20. The highest BCUT2D eigenvalue weighted by atomic mass is 16.4. The zero-order chi connectivity index (χ0) is 8.60. The minimum Gasteiger partial charge on any atom is -0.481 e. The van der Waals surface area contributed by atoms with Gasteiger partial charge in [-0.05, 0) is 37.6 Å². The zero-order valence-electron chi connectivity index (χ0n) is 7.18. The lowest BCUT2D eigenvalue weighted by atomic mass is 9.84. The van der Waals surface area contributed by atoms with E-state index in [1.807, 2.05) is 0 Å². The van der Waals surface area contributed by atoms with Crippen LogP contribution in [-0.2, 0) is 4.79 Å². The summed E-state index contributed by atoms with van der Waals surface area (Å²) in [6, 6.07) is 0. The summed E-state index contributed by atoms with van der Waals surface area (Å²) in [5.74, 6) is -0.663. The van der Waals surface area contributed by atoms with E-state index in [1.54, 1.807) is 0 Å². The molecule has 0 aromatic carbocycles. The quantitative estimate of drug-likeness (QED) is 0.612. The molecule has 0 unspecified atom stereocenters. The summed E-state index contributed by atoms with van der Waals surface area (Å²) in [7, 11) is 0. The Morgan fingerprint density at radius 3 is 2.83 bits per heavy atom. The van der Waals surface area contributed by atoms with E-state index in [0.29, 0.717) is 5.41 Å². The Morgan fingerprint density at radius 1 is 1.50 bits per heavy atom. The van der Waals surface area contributed by atoms with Gasteiger partial charge in [0.25, 0.3) is 0 Å². The smallest absolute Gasteiger partial charge is 0.306 e. The van der Waals surface area contributed by atoms with Crippen molar-refractivity contribution in [3.8, 4) is 0 Å². The van der Waals surface area contributed by atoms with Gasteiger partial charge in [-0.25, -0.2) is 0 Å². The summed E-state index contributed by atoms with van der Waals surface area (Å²) in [5, 5.41) is 12.2. The number of aliphatic carboxylic acids is 1. The molecule has 3 nitrogen and oxygen atoms in total. The summed E-state index contributed by atoms with van der Waals surface area (Å²) < 4.78 is 0. The first kappa shape index (κ1) is 8.05. The standard InChI is InChI=1S/C9H15NO2/c11-8(12)7-1-2-9(5-7)3-4-10-6-9/h7,10H,1-6H2,(H,11,12)/t7-,9+/m0/s1. The predicted molar refractivity (Wildman–Crippen MR) is 44.9 cm³/mol. The molecule has 2 rings (SSSR count). The number of carboxylic acid groups (broad SMARTS) is 1. The number of carbonyl (C=O) groups is 1. The fourth-order valence-electron chi connectivity index (χ4n) is 2.60. The molecule has 2 N–H and O–H groups in total. The van der Waals surface area contributed by atoms with Crippen LogP contribution in [0.25, 0.3) is 0 Å². The van der Waals surface area contributed by atoms with E-state index in [2.05, 4.69) is 5.32 Å². The molecule has 1 aliphatic heterocycles. The Balaban J connectivity index is 2.01. The van der Waals surface area contributed by atoms with Gasteiger partial charge < -0.3 is 10.4 Å². The van der Waals surface area contributed by atoms with Crippen LogP contribution in [0.2, 0.25) is 0 Å².